The summed E-state index contributed by atoms with van der Waals surface area (Å²) in [7, 11) is -2.72. The van der Waals surface area contributed by atoms with Crippen molar-refractivity contribution in [1.29, 1.82) is 0 Å². The molecule has 1 aliphatic carbocycles. The number of carbonyl (C=O) groups is 1. The summed E-state index contributed by atoms with van der Waals surface area (Å²) in [6, 6.07) is 15.5. The van der Waals surface area contributed by atoms with Gasteiger partial charge in [-0.2, -0.15) is 13.2 Å². The van der Waals surface area contributed by atoms with Crippen LogP contribution >= 0.6 is 0 Å². The normalized spacial score (nSPS) is 18.2. The van der Waals surface area contributed by atoms with Gasteiger partial charge in [0.15, 0.2) is 11.5 Å². The van der Waals surface area contributed by atoms with E-state index < -0.39 is 26.7 Å². The third-order valence-electron chi connectivity index (χ3n) is 7.26. The third-order valence-corrected chi connectivity index (χ3v) is 8.64. The summed E-state index contributed by atoms with van der Waals surface area (Å²) < 4.78 is 79.0. The maximum Gasteiger partial charge on any atom is 0.416 e. The fraction of sp³-hybridized carbons (Fsp3) is 0.345. The Labute approximate surface area is 231 Å². The molecule has 0 aromatic heterocycles. The zero-order chi connectivity index (χ0) is 28.5. The summed E-state index contributed by atoms with van der Waals surface area (Å²) in [5.74, 6) is 1.05. The maximum atomic E-state index is 13.1. The number of sulfonamides is 1. The number of methoxy groups -OCH3 is 1. The van der Waals surface area contributed by atoms with Gasteiger partial charge in [0.2, 0.25) is 5.91 Å². The predicted molar refractivity (Wildman–Crippen MR) is 144 cm³/mol. The molecule has 2 fully saturated rings. The van der Waals surface area contributed by atoms with E-state index in [0.29, 0.717) is 29.8 Å². The van der Waals surface area contributed by atoms with Crippen LogP contribution in [0, 0.1) is 0 Å². The lowest BCUT2D eigenvalue weighted by Crippen LogP contribution is -2.24. The molecule has 40 heavy (non-hydrogen) atoms. The van der Waals surface area contributed by atoms with Crippen molar-refractivity contribution in [2.75, 3.05) is 23.3 Å². The molecule has 1 atom stereocenters. The molecule has 0 bridgehead atoms. The van der Waals surface area contributed by atoms with Crippen LogP contribution in [-0.4, -0.2) is 34.1 Å². The number of nitrogens with zero attached hydrogens (tertiary/aromatic N) is 1. The zero-order valence-corrected chi connectivity index (χ0v) is 22.6. The highest BCUT2D eigenvalue weighted by Crippen LogP contribution is 2.38. The van der Waals surface area contributed by atoms with Crippen molar-refractivity contribution in [3.8, 4) is 11.5 Å². The molecule has 1 saturated carbocycles. The van der Waals surface area contributed by atoms with Gasteiger partial charge in [0.25, 0.3) is 10.0 Å². The number of ether oxygens (including phenoxy) is 2. The van der Waals surface area contributed by atoms with Gasteiger partial charge in [-0.3, -0.25) is 9.52 Å². The van der Waals surface area contributed by atoms with Crippen LogP contribution in [0.2, 0.25) is 0 Å². The van der Waals surface area contributed by atoms with Gasteiger partial charge < -0.3 is 14.4 Å². The van der Waals surface area contributed by atoms with Crippen molar-refractivity contribution in [3.63, 3.8) is 0 Å². The van der Waals surface area contributed by atoms with Crippen LogP contribution in [0.25, 0.3) is 0 Å². The molecule has 1 N–H and O–H groups in total. The summed E-state index contributed by atoms with van der Waals surface area (Å²) >= 11 is 0. The number of halogens is 3. The van der Waals surface area contributed by atoms with E-state index in [-0.39, 0.29) is 30.0 Å². The molecule has 0 spiro atoms. The molecule has 11 heteroatoms. The lowest BCUT2D eigenvalue weighted by molar-refractivity contribution is -0.137. The van der Waals surface area contributed by atoms with Crippen LogP contribution in [0.4, 0.5) is 24.5 Å². The van der Waals surface area contributed by atoms with E-state index in [4.69, 9.17) is 9.47 Å². The lowest BCUT2D eigenvalue weighted by atomic mass is 9.98. The Morgan fingerprint density at radius 1 is 0.950 bits per heavy atom. The Balaban J connectivity index is 1.33. The fourth-order valence-corrected chi connectivity index (χ4v) is 6.29. The number of hydrogen-bond donors (Lipinski definition) is 1. The van der Waals surface area contributed by atoms with Gasteiger partial charge >= 0.3 is 6.18 Å². The molecule has 7 nitrogen and oxygen atoms in total. The molecule has 0 radical (unpaired) electrons. The van der Waals surface area contributed by atoms with Gasteiger partial charge in [-0.05, 0) is 79.8 Å². The number of alkyl halides is 3. The van der Waals surface area contributed by atoms with Crippen molar-refractivity contribution >= 4 is 27.3 Å². The minimum atomic E-state index is -4.68. The summed E-state index contributed by atoms with van der Waals surface area (Å²) in [6.07, 6.45) is -0.00968. The lowest BCUT2D eigenvalue weighted by Gasteiger charge is -2.20. The molecular formula is C29H29F3N2O5S. The van der Waals surface area contributed by atoms with E-state index in [1.807, 2.05) is 18.2 Å². The summed E-state index contributed by atoms with van der Waals surface area (Å²) in [5.41, 5.74) is 0.481. The van der Waals surface area contributed by atoms with E-state index in [1.165, 1.54) is 12.1 Å². The first-order valence-corrected chi connectivity index (χ1v) is 14.5. The van der Waals surface area contributed by atoms with Crippen LogP contribution < -0.4 is 19.1 Å². The minimum absolute atomic E-state index is 0.116. The number of benzene rings is 3. The quantitative estimate of drug-likeness (QED) is 0.339. The van der Waals surface area contributed by atoms with Gasteiger partial charge in [-0.1, -0.05) is 18.2 Å². The standard InChI is InChI=1S/C29H29F3N2O5S/c1-38-26-13-12-19(14-27(26)39-24-9-2-3-10-24)20-15-28(35)34(18-20)23-8-5-7-22(17-23)33-40(36,37)25-11-4-6-21(16-25)29(30,31)32/h4-8,11-14,16-17,20,24,33H,2-3,9-10,15,18H2,1H3. The Bertz CT molecular complexity index is 1500. The SMILES string of the molecule is COc1ccc(C2CC(=O)N(c3cccc(NS(=O)(=O)c4cccc(C(F)(F)F)c4)c3)C2)cc1OC1CCCC1. The first kappa shape index (κ1) is 27.8. The highest BCUT2D eigenvalue weighted by atomic mass is 32.2. The van der Waals surface area contributed by atoms with Crippen LogP contribution in [0.3, 0.4) is 0 Å². The van der Waals surface area contributed by atoms with Gasteiger partial charge in [-0.25, -0.2) is 8.42 Å². The Morgan fingerprint density at radius 2 is 1.70 bits per heavy atom. The number of anilines is 2. The van der Waals surface area contributed by atoms with E-state index in [0.717, 1.165) is 49.4 Å². The van der Waals surface area contributed by atoms with Gasteiger partial charge in [0.05, 0.1) is 29.4 Å². The van der Waals surface area contributed by atoms with Gasteiger partial charge in [-0.15, -0.1) is 0 Å². The molecule has 1 unspecified atom stereocenters. The Hall–Kier alpha value is -3.73. The van der Waals surface area contributed by atoms with E-state index in [2.05, 4.69) is 4.72 Å². The van der Waals surface area contributed by atoms with E-state index in [9.17, 15) is 26.4 Å². The first-order chi connectivity index (χ1) is 19.0. The second-order valence-electron chi connectivity index (χ2n) is 10.0. The second-order valence-corrected chi connectivity index (χ2v) is 11.7. The largest absolute Gasteiger partial charge is 0.493 e. The van der Waals surface area contributed by atoms with Crippen molar-refractivity contribution < 1.29 is 35.9 Å². The average Bonchev–Trinajstić information content (AvgIpc) is 3.58. The average molecular weight is 575 g/mol. The number of carbonyl (C=O) groups excluding carboxylic acids is 1. The van der Waals surface area contributed by atoms with E-state index in [1.54, 1.807) is 24.1 Å². The van der Waals surface area contributed by atoms with Crippen LogP contribution in [0.5, 0.6) is 11.5 Å². The minimum Gasteiger partial charge on any atom is -0.493 e. The summed E-state index contributed by atoms with van der Waals surface area (Å²) in [4.78, 5) is 14.1. The number of nitrogens with one attached hydrogen (secondary N) is 1. The van der Waals surface area contributed by atoms with Crippen molar-refractivity contribution in [3.05, 3.63) is 77.9 Å². The Morgan fingerprint density at radius 3 is 2.42 bits per heavy atom. The predicted octanol–water partition coefficient (Wildman–Crippen LogP) is 6.36. The smallest absolute Gasteiger partial charge is 0.416 e. The molecule has 1 heterocycles. The second kappa shape index (κ2) is 11.0. The molecule has 3 aromatic carbocycles. The summed E-state index contributed by atoms with van der Waals surface area (Å²) in [5, 5.41) is 0. The first-order valence-electron chi connectivity index (χ1n) is 13.0. The number of hydrogen-bond acceptors (Lipinski definition) is 5. The molecule has 2 aliphatic rings. The molecule has 3 aromatic rings. The van der Waals surface area contributed by atoms with Crippen molar-refractivity contribution in [2.24, 2.45) is 0 Å². The van der Waals surface area contributed by atoms with Gasteiger partial charge in [0.1, 0.15) is 0 Å². The molecule has 1 saturated heterocycles. The number of amides is 1. The van der Waals surface area contributed by atoms with Crippen LogP contribution in [-0.2, 0) is 21.0 Å². The molecule has 212 valence electrons. The van der Waals surface area contributed by atoms with Crippen molar-refractivity contribution in [2.45, 2.75) is 55.2 Å². The fourth-order valence-electron chi connectivity index (χ4n) is 5.20. The van der Waals surface area contributed by atoms with Gasteiger partial charge in [0, 0.05) is 24.6 Å². The monoisotopic (exact) mass is 574 g/mol. The Kier molecular flexibility index (Phi) is 7.67. The highest BCUT2D eigenvalue weighted by Gasteiger charge is 2.33. The summed E-state index contributed by atoms with van der Waals surface area (Å²) in [6.45, 7) is 0.373. The highest BCUT2D eigenvalue weighted by molar-refractivity contribution is 7.92. The van der Waals surface area contributed by atoms with Crippen molar-refractivity contribution in [1.82, 2.24) is 0 Å². The number of rotatable bonds is 8. The molecular weight excluding hydrogens is 545 g/mol. The third kappa shape index (κ3) is 6.04. The van der Waals surface area contributed by atoms with Crippen LogP contribution in [0.1, 0.15) is 49.1 Å². The van der Waals surface area contributed by atoms with E-state index >= 15 is 0 Å². The molecule has 1 aliphatic heterocycles. The van der Waals surface area contributed by atoms with Crippen LogP contribution in [0.15, 0.2) is 71.6 Å². The molecule has 5 rings (SSSR count). The zero-order valence-electron chi connectivity index (χ0n) is 21.8. The molecule has 1 amide bonds. The maximum absolute atomic E-state index is 13.1. The topological polar surface area (TPSA) is 84.9 Å².